The quantitative estimate of drug-likeness (QED) is 0.546. The molecule has 0 bridgehead atoms. The third-order valence-corrected chi connectivity index (χ3v) is 4.09. The van der Waals surface area contributed by atoms with Crippen LogP contribution in [0.25, 0.3) is 0 Å². The van der Waals surface area contributed by atoms with E-state index in [9.17, 15) is 0 Å². The molecular formula is C21H30N4O2. The number of rotatable bonds is 8. The molecule has 0 aliphatic rings. The van der Waals surface area contributed by atoms with Gasteiger partial charge in [-0.15, -0.1) is 0 Å². The molecular weight excluding hydrogens is 340 g/mol. The summed E-state index contributed by atoms with van der Waals surface area (Å²) < 4.78 is 11.2. The number of anilines is 2. The van der Waals surface area contributed by atoms with Crippen LogP contribution in [0.5, 0.6) is 11.5 Å². The third-order valence-electron chi connectivity index (χ3n) is 4.09. The van der Waals surface area contributed by atoms with E-state index in [2.05, 4.69) is 40.3 Å². The predicted octanol–water partition coefficient (Wildman–Crippen LogP) is 3.79. The van der Waals surface area contributed by atoms with E-state index in [0.717, 1.165) is 17.0 Å². The monoisotopic (exact) mass is 370 g/mol. The summed E-state index contributed by atoms with van der Waals surface area (Å²) in [5.74, 6) is 1.80. The molecule has 6 heteroatoms. The molecule has 0 amide bonds. The highest BCUT2D eigenvalue weighted by atomic mass is 16.5. The van der Waals surface area contributed by atoms with E-state index >= 15 is 0 Å². The summed E-state index contributed by atoms with van der Waals surface area (Å²) >= 11 is 0. The maximum atomic E-state index is 6.11. The topological polar surface area (TPSA) is 72.1 Å². The SMILES string of the molecule is CCOc1ccc(OCC)c(NC(N)=NCc2ccc(N(C)C)cc2C)c1. The number of nitrogens with one attached hydrogen (secondary N) is 1. The largest absolute Gasteiger partial charge is 0.494 e. The van der Waals surface area contributed by atoms with Gasteiger partial charge in [-0.25, -0.2) is 4.99 Å². The molecule has 0 saturated carbocycles. The maximum Gasteiger partial charge on any atom is 0.193 e. The second-order valence-electron chi connectivity index (χ2n) is 6.36. The first-order chi connectivity index (χ1) is 12.9. The summed E-state index contributed by atoms with van der Waals surface area (Å²) in [5.41, 5.74) is 10.3. The highest BCUT2D eigenvalue weighted by molar-refractivity contribution is 5.94. The molecule has 0 aliphatic heterocycles. The van der Waals surface area contributed by atoms with E-state index in [-0.39, 0.29) is 0 Å². The minimum atomic E-state index is 0.334. The van der Waals surface area contributed by atoms with Crippen LogP contribution in [0.15, 0.2) is 41.4 Å². The number of hydrogen-bond donors (Lipinski definition) is 2. The molecule has 0 radical (unpaired) electrons. The zero-order valence-electron chi connectivity index (χ0n) is 16.9. The minimum absolute atomic E-state index is 0.334. The van der Waals surface area contributed by atoms with Crippen molar-refractivity contribution in [1.82, 2.24) is 0 Å². The minimum Gasteiger partial charge on any atom is -0.494 e. The van der Waals surface area contributed by atoms with E-state index in [0.29, 0.717) is 31.5 Å². The summed E-state index contributed by atoms with van der Waals surface area (Å²) in [6.07, 6.45) is 0. The Morgan fingerprint density at radius 3 is 2.44 bits per heavy atom. The molecule has 0 aromatic heterocycles. The Kier molecular flexibility index (Phi) is 7.34. The maximum absolute atomic E-state index is 6.11. The van der Waals surface area contributed by atoms with E-state index < -0.39 is 0 Å². The molecule has 27 heavy (non-hydrogen) atoms. The fourth-order valence-corrected chi connectivity index (χ4v) is 2.63. The lowest BCUT2D eigenvalue weighted by molar-refractivity contribution is 0.332. The first-order valence-electron chi connectivity index (χ1n) is 9.18. The van der Waals surface area contributed by atoms with Crippen LogP contribution in [0.4, 0.5) is 11.4 Å². The molecule has 0 heterocycles. The van der Waals surface area contributed by atoms with E-state index in [1.54, 1.807) is 0 Å². The molecule has 0 saturated heterocycles. The third kappa shape index (κ3) is 5.81. The Morgan fingerprint density at radius 1 is 1.07 bits per heavy atom. The molecule has 0 aliphatic carbocycles. The van der Waals surface area contributed by atoms with Gasteiger partial charge in [0.2, 0.25) is 0 Å². The zero-order valence-corrected chi connectivity index (χ0v) is 16.9. The van der Waals surface area contributed by atoms with E-state index in [1.165, 1.54) is 11.3 Å². The smallest absolute Gasteiger partial charge is 0.193 e. The molecule has 146 valence electrons. The lowest BCUT2D eigenvalue weighted by Gasteiger charge is -2.15. The fourth-order valence-electron chi connectivity index (χ4n) is 2.63. The van der Waals surface area contributed by atoms with Gasteiger partial charge in [0.15, 0.2) is 5.96 Å². The van der Waals surface area contributed by atoms with Crippen molar-refractivity contribution < 1.29 is 9.47 Å². The zero-order chi connectivity index (χ0) is 19.8. The molecule has 0 atom stereocenters. The number of nitrogens with zero attached hydrogens (tertiary/aromatic N) is 2. The van der Waals surface area contributed by atoms with Crippen molar-refractivity contribution in [3.05, 3.63) is 47.5 Å². The van der Waals surface area contributed by atoms with Gasteiger partial charge in [0.1, 0.15) is 11.5 Å². The highest BCUT2D eigenvalue weighted by Gasteiger charge is 2.08. The van der Waals surface area contributed by atoms with Crippen molar-refractivity contribution in [2.45, 2.75) is 27.3 Å². The average Bonchev–Trinajstić information content (AvgIpc) is 2.63. The van der Waals surface area contributed by atoms with E-state index in [4.69, 9.17) is 15.2 Å². The van der Waals surface area contributed by atoms with Gasteiger partial charge in [0, 0.05) is 25.8 Å². The second-order valence-corrected chi connectivity index (χ2v) is 6.36. The van der Waals surface area contributed by atoms with Crippen molar-refractivity contribution in [3.63, 3.8) is 0 Å². The standard InChI is InChI=1S/C21H30N4O2/c1-6-26-18-10-11-20(27-7-2)19(13-18)24-21(22)23-14-16-8-9-17(25(4)5)12-15(16)3/h8-13H,6-7,14H2,1-5H3,(H3,22,23,24). The Morgan fingerprint density at radius 2 is 1.81 bits per heavy atom. The lowest BCUT2D eigenvalue weighted by atomic mass is 10.1. The van der Waals surface area contributed by atoms with Crippen molar-refractivity contribution in [1.29, 1.82) is 0 Å². The number of ether oxygens (including phenoxy) is 2. The normalized spacial score (nSPS) is 11.2. The highest BCUT2D eigenvalue weighted by Crippen LogP contribution is 2.29. The summed E-state index contributed by atoms with van der Waals surface area (Å²) in [6, 6.07) is 11.9. The van der Waals surface area contributed by atoms with Crippen LogP contribution in [0, 0.1) is 6.92 Å². The Hall–Kier alpha value is -2.89. The molecule has 2 aromatic carbocycles. The molecule has 6 nitrogen and oxygen atoms in total. The summed E-state index contributed by atoms with van der Waals surface area (Å²) in [5, 5.41) is 3.13. The summed E-state index contributed by atoms with van der Waals surface area (Å²) in [4.78, 5) is 6.56. The van der Waals surface area contributed by atoms with Crippen LogP contribution in [0.1, 0.15) is 25.0 Å². The molecule has 3 N–H and O–H groups in total. The van der Waals surface area contributed by atoms with Gasteiger partial charge in [-0.1, -0.05) is 6.07 Å². The van der Waals surface area contributed by atoms with Gasteiger partial charge < -0.3 is 25.4 Å². The Bertz CT molecular complexity index is 788. The van der Waals surface area contributed by atoms with Gasteiger partial charge in [-0.2, -0.15) is 0 Å². The number of aryl methyl sites for hydroxylation is 1. The van der Waals surface area contributed by atoms with Crippen LogP contribution in [-0.4, -0.2) is 33.3 Å². The van der Waals surface area contributed by atoms with Gasteiger partial charge >= 0.3 is 0 Å². The second kappa shape index (κ2) is 9.71. The predicted molar refractivity (Wildman–Crippen MR) is 113 cm³/mol. The molecule has 0 unspecified atom stereocenters. The summed E-state index contributed by atoms with van der Waals surface area (Å²) in [7, 11) is 4.06. The van der Waals surface area contributed by atoms with Gasteiger partial charge in [-0.3, -0.25) is 0 Å². The van der Waals surface area contributed by atoms with Crippen LogP contribution in [0.2, 0.25) is 0 Å². The number of nitrogens with two attached hydrogens (primary N) is 1. The van der Waals surface area contributed by atoms with Crippen LogP contribution in [0.3, 0.4) is 0 Å². The van der Waals surface area contributed by atoms with Crippen LogP contribution < -0.4 is 25.4 Å². The first-order valence-corrected chi connectivity index (χ1v) is 9.18. The fraction of sp³-hybridized carbons (Fsp3) is 0.381. The first kappa shape index (κ1) is 20.4. The molecule has 2 aromatic rings. The number of guanidine groups is 1. The van der Waals surface area contributed by atoms with Gasteiger partial charge in [0.05, 0.1) is 25.4 Å². The number of hydrogen-bond acceptors (Lipinski definition) is 4. The molecule has 0 fully saturated rings. The Labute approximate surface area is 162 Å². The van der Waals surface area contributed by atoms with E-state index in [1.807, 2.05) is 46.1 Å². The van der Waals surface area contributed by atoms with Crippen LogP contribution in [-0.2, 0) is 6.54 Å². The average molecular weight is 370 g/mol. The van der Waals surface area contributed by atoms with Crippen molar-refractivity contribution >= 4 is 17.3 Å². The number of benzene rings is 2. The summed E-state index contributed by atoms with van der Waals surface area (Å²) in [6.45, 7) is 7.64. The van der Waals surface area contributed by atoms with Gasteiger partial charge in [0.25, 0.3) is 0 Å². The van der Waals surface area contributed by atoms with Gasteiger partial charge in [-0.05, 0) is 56.2 Å². The Balaban J connectivity index is 2.14. The number of aliphatic imine (C=N–C) groups is 1. The molecule has 0 spiro atoms. The lowest BCUT2D eigenvalue weighted by Crippen LogP contribution is -2.23. The van der Waals surface area contributed by atoms with Crippen molar-refractivity contribution in [2.75, 3.05) is 37.5 Å². The van der Waals surface area contributed by atoms with Crippen molar-refractivity contribution in [3.8, 4) is 11.5 Å². The molecule has 2 rings (SSSR count). The van der Waals surface area contributed by atoms with Crippen LogP contribution >= 0.6 is 0 Å². The van der Waals surface area contributed by atoms with Crippen molar-refractivity contribution in [2.24, 2.45) is 10.7 Å².